The van der Waals surface area contributed by atoms with Crippen LogP contribution in [-0.4, -0.2) is 61.0 Å². The molecule has 7 nitrogen and oxygen atoms in total. The summed E-state index contributed by atoms with van der Waals surface area (Å²) in [4.78, 5) is 18.0. The van der Waals surface area contributed by atoms with Gasteiger partial charge in [0.25, 0.3) is 0 Å². The first-order valence-corrected chi connectivity index (χ1v) is 13.4. The molecule has 0 spiro atoms. The van der Waals surface area contributed by atoms with Gasteiger partial charge in [-0.25, -0.2) is 0 Å². The fraction of sp³-hybridized carbons (Fsp3) is 0.500. The highest BCUT2D eigenvalue weighted by molar-refractivity contribution is 5.82. The van der Waals surface area contributed by atoms with Crippen LogP contribution in [0.2, 0.25) is 0 Å². The van der Waals surface area contributed by atoms with Gasteiger partial charge in [-0.2, -0.15) is 0 Å². The summed E-state index contributed by atoms with van der Waals surface area (Å²) in [6.45, 7) is 19.4. The van der Waals surface area contributed by atoms with Crippen LogP contribution in [0.15, 0.2) is 86.5 Å². The van der Waals surface area contributed by atoms with E-state index < -0.39 is 0 Å². The van der Waals surface area contributed by atoms with Crippen LogP contribution in [0.5, 0.6) is 0 Å². The SMILES string of the molecule is C=C(C)/C(=C\C=C/C)N/C(NC(=NC)N(CC)CCC(C)CC1=CCC=NC=C1)=C1/CN=CN1C(C)C. The summed E-state index contributed by atoms with van der Waals surface area (Å²) < 4.78 is 0. The molecule has 0 saturated heterocycles. The monoisotopic (exact) mass is 505 g/mol. The van der Waals surface area contributed by atoms with E-state index in [1.54, 1.807) is 0 Å². The second-order valence-corrected chi connectivity index (χ2v) is 9.80. The zero-order valence-electron chi connectivity index (χ0n) is 24.0. The highest BCUT2D eigenvalue weighted by Gasteiger charge is 2.23. The van der Waals surface area contributed by atoms with E-state index in [-0.39, 0.29) is 6.04 Å². The van der Waals surface area contributed by atoms with Crippen LogP contribution in [0.1, 0.15) is 60.8 Å². The second-order valence-electron chi connectivity index (χ2n) is 9.80. The van der Waals surface area contributed by atoms with E-state index in [4.69, 9.17) is 0 Å². The van der Waals surface area contributed by atoms with Gasteiger partial charge >= 0.3 is 0 Å². The molecule has 7 heteroatoms. The molecule has 0 radical (unpaired) electrons. The molecule has 0 amide bonds. The van der Waals surface area contributed by atoms with Crippen molar-refractivity contribution in [3.05, 3.63) is 71.5 Å². The Kier molecular flexibility index (Phi) is 12.7. The fourth-order valence-corrected chi connectivity index (χ4v) is 4.18. The lowest BCUT2D eigenvalue weighted by Gasteiger charge is -2.30. The number of hydrogen-bond acceptors (Lipinski definition) is 5. The van der Waals surface area contributed by atoms with Gasteiger partial charge in [-0.15, -0.1) is 0 Å². The number of allylic oxidation sites excluding steroid dienone is 7. The predicted octanol–water partition coefficient (Wildman–Crippen LogP) is 5.76. The number of guanidine groups is 1. The summed E-state index contributed by atoms with van der Waals surface area (Å²) in [5.41, 5.74) is 4.35. The zero-order chi connectivity index (χ0) is 27.2. The molecule has 0 fully saturated rings. The number of rotatable bonds is 12. The maximum atomic E-state index is 4.66. The number of hydrogen-bond donors (Lipinski definition) is 2. The third-order valence-electron chi connectivity index (χ3n) is 6.35. The smallest absolute Gasteiger partial charge is 0.199 e. The highest BCUT2D eigenvalue weighted by atomic mass is 15.3. The van der Waals surface area contributed by atoms with Gasteiger partial charge in [-0.3, -0.25) is 15.0 Å². The van der Waals surface area contributed by atoms with E-state index in [9.17, 15) is 0 Å². The van der Waals surface area contributed by atoms with Crippen molar-refractivity contribution in [3.8, 4) is 0 Å². The standard InChI is InChI=1S/C30H47N7/c1-9-11-14-27(23(3)4)34-29(28-21-33-22-37(28)24(5)6)35-30(31-8)36(10-2)19-16-25(7)20-26-13-12-17-32-18-15-26/h9,11,13-15,17-18,22,24-25,34H,3,10,12,16,19-21H2,1-2,4-8H3,(H,31,35)/b11-9-,27-14+,29-28+. The minimum absolute atomic E-state index is 0.288. The van der Waals surface area contributed by atoms with E-state index in [0.29, 0.717) is 12.5 Å². The minimum Gasteiger partial charge on any atom is -0.343 e. The molecule has 0 aromatic heterocycles. The maximum Gasteiger partial charge on any atom is 0.199 e. The molecule has 0 bridgehead atoms. The summed E-state index contributed by atoms with van der Waals surface area (Å²) in [5, 5.41) is 7.24. The van der Waals surface area contributed by atoms with Crippen LogP contribution in [0.3, 0.4) is 0 Å². The van der Waals surface area contributed by atoms with Gasteiger partial charge < -0.3 is 20.4 Å². The quantitative estimate of drug-likeness (QED) is 0.201. The van der Waals surface area contributed by atoms with Crippen molar-refractivity contribution in [1.82, 2.24) is 20.4 Å². The van der Waals surface area contributed by atoms with Crippen LogP contribution < -0.4 is 10.6 Å². The van der Waals surface area contributed by atoms with Crippen LogP contribution in [-0.2, 0) is 0 Å². The maximum absolute atomic E-state index is 4.66. The molecule has 1 unspecified atom stereocenters. The molecule has 1 atom stereocenters. The molecule has 2 aliphatic rings. The summed E-state index contributed by atoms with van der Waals surface area (Å²) in [5.74, 6) is 2.27. The Morgan fingerprint density at radius 1 is 1.30 bits per heavy atom. The van der Waals surface area contributed by atoms with Gasteiger partial charge in [0.2, 0.25) is 0 Å². The van der Waals surface area contributed by atoms with Crippen molar-refractivity contribution in [1.29, 1.82) is 0 Å². The molecule has 202 valence electrons. The van der Waals surface area contributed by atoms with Crippen molar-refractivity contribution in [2.24, 2.45) is 20.9 Å². The Hall–Kier alpha value is -3.35. The molecule has 0 saturated carbocycles. The Balaban J connectivity index is 2.22. The van der Waals surface area contributed by atoms with Crippen molar-refractivity contribution in [2.75, 3.05) is 26.7 Å². The topological polar surface area (TPSA) is 67.6 Å². The van der Waals surface area contributed by atoms with Gasteiger partial charge in [-0.1, -0.05) is 31.7 Å². The minimum atomic E-state index is 0.288. The Morgan fingerprint density at radius 3 is 2.73 bits per heavy atom. The van der Waals surface area contributed by atoms with Crippen LogP contribution >= 0.6 is 0 Å². The number of aliphatic imine (C=N–C) groups is 3. The Morgan fingerprint density at radius 2 is 2.08 bits per heavy atom. The van der Waals surface area contributed by atoms with E-state index in [2.05, 4.69) is 81.8 Å². The molecule has 2 rings (SSSR count). The van der Waals surface area contributed by atoms with Gasteiger partial charge in [0, 0.05) is 50.7 Å². The Labute approximate surface area is 224 Å². The van der Waals surface area contributed by atoms with E-state index in [1.807, 2.05) is 57.9 Å². The average molecular weight is 506 g/mol. The molecule has 0 aromatic rings. The molecule has 2 N–H and O–H groups in total. The number of nitrogens with zero attached hydrogens (tertiary/aromatic N) is 5. The van der Waals surface area contributed by atoms with Gasteiger partial charge in [0.1, 0.15) is 5.82 Å². The second kappa shape index (κ2) is 15.7. The zero-order valence-corrected chi connectivity index (χ0v) is 24.0. The van der Waals surface area contributed by atoms with Gasteiger partial charge in [0.15, 0.2) is 5.96 Å². The molecule has 0 aliphatic carbocycles. The number of nitrogens with one attached hydrogen (secondary N) is 2. The molecule has 37 heavy (non-hydrogen) atoms. The lowest BCUT2D eigenvalue weighted by atomic mass is 9.97. The normalized spacial score (nSPS) is 18.4. The van der Waals surface area contributed by atoms with Gasteiger partial charge in [-0.05, 0) is 76.7 Å². The molecular weight excluding hydrogens is 458 g/mol. The third kappa shape index (κ3) is 9.56. The molecule has 0 aromatic carbocycles. The first-order chi connectivity index (χ1) is 17.8. The Bertz CT molecular complexity index is 1000. The molecular formula is C30H47N7. The van der Waals surface area contributed by atoms with Crippen LogP contribution in [0.4, 0.5) is 0 Å². The van der Waals surface area contributed by atoms with Crippen LogP contribution in [0.25, 0.3) is 0 Å². The van der Waals surface area contributed by atoms with Crippen molar-refractivity contribution < 1.29 is 0 Å². The van der Waals surface area contributed by atoms with Crippen molar-refractivity contribution in [3.63, 3.8) is 0 Å². The first-order valence-electron chi connectivity index (χ1n) is 13.4. The highest BCUT2D eigenvalue weighted by Crippen LogP contribution is 2.20. The van der Waals surface area contributed by atoms with Crippen molar-refractivity contribution >= 4 is 18.5 Å². The third-order valence-corrected chi connectivity index (χ3v) is 6.35. The van der Waals surface area contributed by atoms with Crippen molar-refractivity contribution in [2.45, 2.75) is 66.8 Å². The lowest BCUT2D eigenvalue weighted by molar-refractivity contribution is 0.373. The summed E-state index contributed by atoms with van der Waals surface area (Å²) >= 11 is 0. The van der Waals surface area contributed by atoms with E-state index in [1.165, 1.54) is 5.57 Å². The fourth-order valence-electron chi connectivity index (χ4n) is 4.18. The molecule has 2 aliphatic heterocycles. The largest absolute Gasteiger partial charge is 0.343 e. The van der Waals surface area contributed by atoms with E-state index in [0.717, 1.165) is 61.1 Å². The lowest BCUT2D eigenvalue weighted by Crippen LogP contribution is -2.46. The summed E-state index contributed by atoms with van der Waals surface area (Å²) in [7, 11) is 1.85. The molecule has 2 heterocycles. The first kappa shape index (κ1) is 29.9. The summed E-state index contributed by atoms with van der Waals surface area (Å²) in [6.07, 6.45) is 19.3. The van der Waals surface area contributed by atoms with E-state index >= 15 is 0 Å². The van der Waals surface area contributed by atoms with Crippen LogP contribution in [0, 0.1) is 5.92 Å². The predicted molar refractivity (Wildman–Crippen MR) is 161 cm³/mol. The summed E-state index contributed by atoms with van der Waals surface area (Å²) in [6, 6.07) is 0.288. The average Bonchev–Trinajstić information content (AvgIpc) is 3.23. The van der Waals surface area contributed by atoms with Gasteiger partial charge in [0.05, 0.1) is 18.6 Å².